The number of hydrazine groups is 1. The van der Waals surface area contributed by atoms with Crippen molar-refractivity contribution in [1.82, 2.24) is 46.5 Å². The Labute approximate surface area is 452 Å². The van der Waals surface area contributed by atoms with Crippen LogP contribution >= 0.6 is 11.3 Å². The predicted octanol–water partition coefficient (Wildman–Crippen LogP) is 6.28. The average Bonchev–Trinajstić information content (AvgIpc) is 3.95. The fourth-order valence-electron chi connectivity index (χ4n) is 9.55. The molecular formula is C52H58F8N10O8S. The lowest BCUT2D eigenvalue weighted by Gasteiger charge is -2.42. The van der Waals surface area contributed by atoms with Crippen LogP contribution in [0, 0.1) is 34.3 Å². The minimum atomic E-state index is -5.24. The summed E-state index contributed by atoms with van der Waals surface area (Å²) in [5, 5.41) is 36.8. The molecule has 8 rings (SSSR count). The monoisotopic (exact) mass is 1130 g/mol. The van der Waals surface area contributed by atoms with Gasteiger partial charge in [0.15, 0.2) is 0 Å². The SMILES string of the molecule is COC(=O)N[C@H](C(=O)N[C@@H](Cc1ccc(C#Cc2ccc(N3C[C@H]4C[C@@H]3CN4C3COC3)nc2)cc1)[C@@H](O)CN(Cc1c(F)cc(-c2nnc(C3CC3)s2)cc1F)NC(=O)[C@@H](NC(=O)O)C(C)(C)C(F)(F)F)C(C)(C)C(F)(F)F. The first kappa shape index (κ1) is 58.4. The molecule has 3 aliphatic heterocycles. The Balaban J connectivity index is 1.07. The number of aromatic nitrogens is 3. The van der Waals surface area contributed by atoms with Gasteiger partial charge in [0.1, 0.15) is 39.6 Å². The summed E-state index contributed by atoms with van der Waals surface area (Å²) in [4.78, 5) is 61.7. The number of nitrogens with one attached hydrogen (secondary N) is 4. The number of pyridine rings is 1. The van der Waals surface area contributed by atoms with Gasteiger partial charge in [-0.3, -0.25) is 19.9 Å². The van der Waals surface area contributed by atoms with E-state index >= 15 is 8.78 Å². The lowest BCUT2D eigenvalue weighted by atomic mass is 9.82. The lowest BCUT2D eigenvalue weighted by Crippen LogP contribution is -2.63. The van der Waals surface area contributed by atoms with Crippen molar-refractivity contribution >= 4 is 41.2 Å². The summed E-state index contributed by atoms with van der Waals surface area (Å²) in [6.45, 7) is 3.45. The molecule has 27 heteroatoms. The highest BCUT2D eigenvalue weighted by Gasteiger charge is 2.57. The highest BCUT2D eigenvalue weighted by molar-refractivity contribution is 7.14. The zero-order valence-corrected chi connectivity index (χ0v) is 44.2. The van der Waals surface area contributed by atoms with Gasteiger partial charge < -0.3 is 40.5 Å². The van der Waals surface area contributed by atoms with Crippen molar-refractivity contribution in [3.8, 4) is 22.4 Å². The maximum Gasteiger partial charge on any atom is 0.407 e. The number of methoxy groups -OCH3 is 1. The van der Waals surface area contributed by atoms with Crippen molar-refractivity contribution in [2.24, 2.45) is 10.8 Å². The van der Waals surface area contributed by atoms with Gasteiger partial charge in [-0.1, -0.05) is 35.3 Å². The second-order valence-electron chi connectivity index (χ2n) is 21.2. The van der Waals surface area contributed by atoms with E-state index < -0.39 is 108 Å². The van der Waals surface area contributed by atoms with Gasteiger partial charge in [-0.15, -0.1) is 10.2 Å². The van der Waals surface area contributed by atoms with Crippen LogP contribution in [0.25, 0.3) is 10.6 Å². The molecule has 4 aliphatic rings. The molecule has 1 saturated carbocycles. The number of benzene rings is 2. The van der Waals surface area contributed by atoms with Crippen LogP contribution in [0.4, 0.5) is 50.5 Å². The maximum absolute atomic E-state index is 16.1. The number of fused-ring (bicyclic) bond motifs is 2. The van der Waals surface area contributed by atoms with Crippen LogP contribution in [0.1, 0.15) is 80.1 Å². The number of nitrogens with zero attached hydrogens (tertiary/aromatic N) is 6. The Hall–Kier alpha value is -6.73. The van der Waals surface area contributed by atoms with Gasteiger partial charge in [-0.05, 0) is 95.3 Å². The van der Waals surface area contributed by atoms with Crippen molar-refractivity contribution in [3.05, 3.63) is 93.6 Å². The molecule has 2 bridgehead atoms. The number of carbonyl (C=O) groups is 4. The second-order valence-corrected chi connectivity index (χ2v) is 22.2. The number of amides is 4. The zero-order valence-electron chi connectivity index (χ0n) is 43.3. The minimum absolute atomic E-state index is 0.0319. The normalized spacial score (nSPS) is 19.4. The molecule has 4 aromatic rings. The van der Waals surface area contributed by atoms with Crippen molar-refractivity contribution in [2.45, 2.75) is 121 Å². The molecule has 2 aromatic carbocycles. The first-order valence-corrected chi connectivity index (χ1v) is 25.9. The summed E-state index contributed by atoms with van der Waals surface area (Å²) in [5.74, 6) is 1.34. The molecule has 79 heavy (non-hydrogen) atoms. The molecule has 4 fully saturated rings. The summed E-state index contributed by atoms with van der Waals surface area (Å²) < 4.78 is 129. The average molecular weight is 1140 g/mol. The molecule has 6 N–H and O–H groups in total. The Kier molecular flexibility index (Phi) is 17.1. The number of aliphatic hydroxyl groups is 1. The summed E-state index contributed by atoms with van der Waals surface area (Å²) in [6, 6.07) is 6.16. The van der Waals surface area contributed by atoms with Crippen LogP contribution in [-0.2, 0) is 32.0 Å². The van der Waals surface area contributed by atoms with Gasteiger partial charge in [-0.2, -0.15) is 26.3 Å². The van der Waals surface area contributed by atoms with E-state index in [9.17, 15) is 55.7 Å². The Morgan fingerprint density at radius 1 is 0.835 bits per heavy atom. The molecule has 4 amide bonds. The first-order valence-electron chi connectivity index (χ1n) is 25.1. The van der Waals surface area contributed by atoms with E-state index in [1.54, 1.807) is 18.3 Å². The van der Waals surface area contributed by atoms with E-state index in [0.29, 0.717) is 72.5 Å². The largest absolute Gasteiger partial charge is 0.465 e. The molecule has 6 atom stereocenters. The number of halogens is 8. The van der Waals surface area contributed by atoms with Crippen LogP contribution in [0.15, 0.2) is 54.7 Å². The van der Waals surface area contributed by atoms with Crippen LogP contribution in [0.5, 0.6) is 0 Å². The summed E-state index contributed by atoms with van der Waals surface area (Å²) in [6.07, 6.45) is -12.0. The Morgan fingerprint density at radius 2 is 1.46 bits per heavy atom. The molecule has 426 valence electrons. The maximum atomic E-state index is 16.1. The van der Waals surface area contributed by atoms with Gasteiger partial charge in [0, 0.05) is 72.6 Å². The third-order valence-corrected chi connectivity index (χ3v) is 16.0. The number of alkyl halides is 6. The zero-order chi connectivity index (χ0) is 57.4. The number of piperazine rings is 1. The van der Waals surface area contributed by atoms with Crippen LogP contribution in [0.3, 0.4) is 0 Å². The molecule has 18 nitrogen and oxygen atoms in total. The van der Waals surface area contributed by atoms with E-state index in [1.807, 2.05) is 22.9 Å². The molecule has 0 unspecified atom stereocenters. The molecule has 1 aliphatic carbocycles. The van der Waals surface area contributed by atoms with Crippen molar-refractivity contribution in [1.29, 1.82) is 0 Å². The molecule has 0 radical (unpaired) electrons. The summed E-state index contributed by atoms with van der Waals surface area (Å²) >= 11 is 1.11. The van der Waals surface area contributed by atoms with E-state index in [4.69, 9.17) is 4.74 Å². The van der Waals surface area contributed by atoms with E-state index in [2.05, 4.69) is 46.9 Å². The highest BCUT2D eigenvalue weighted by Crippen LogP contribution is 2.44. The molecule has 3 saturated heterocycles. The lowest BCUT2D eigenvalue weighted by molar-refractivity contribution is -0.221. The quantitative estimate of drug-likeness (QED) is 0.0346. The Morgan fingerprint density at radius 3 is 1.99 bits per heavy atom. The first-order chi connectivity index (χ1) is 37.1. The Bertz CT molecular complexity index is 2920. The standard InChI is InChI=1S/C52H58F8N10O8S/c1-49(2,51(55,56)57)41(64-48(76)77-5)43(72)62-38(16-28-9-6-27(7-10-28)8-11-29-12-15-40(61-20-29)70-22-32-19-33(70)21-69(32)34-25-78-26-34)39(71)24-68(67-44(73)42(63-47(74)75)50(3,4)52(58,59)60)23-35-36(53)17-31(18-37(35)54)46-66-65-45(79-46)30-13-14-30/h6-7,9-10,12,15,17-18,20,30,32-34,38-39,41-42,63,71H,13-14,16,19,21-26H2,1-5H3,(H,62,72)(H,64,76)(H,67,73)(H,74,75)/t32-,33-,38+,39+,41-,42-/m1/s1. The number of anilines is 1. The third-order valence-electron chi connectivity index (χ3n) is 14.9. The summed E-state index contributed by atoms with van der Waals surface area (Å²) in [5.41, 5.74) is -3.57. The van der Waals surface area contributed by atoms with Crippen molar-refractivity contribution in [2.75, 3.05) is 44.9 Å². The number of aliphatic hydroxyl groups excluding tert-OH is 1. The third kappa shape index (κ3) is 13.3. The fraction of sp³-hybridized carbons (Fsp3) is 0.519. The van der Waals surface area contributed by atoms with Gasteiger partial charge in [0.05, 0.1) is 49.3 Å². The highest BCUT2D eigenvalue weighted by atomic mass is 32.1. The van der Waals surface area contributed by atoms with E-state index in [0.717, 1.165) is 82.0 Å². The predicted molar refractivity (Wildman–Crippen MR) is 269 cm³/mol. The molecule has 2 aromatic heterocycles. The van der Waals surface area contributed by atoms with Gasteiger partial charge in [-0.25, -0.2) is 28.4 Å². The number of carboxylic acid groups (broad SMARTS) is 1. The summed E-state index contributed by atoms with van der Waals surface area (Å²) in [7, 11) is 0.839. The number of carbonyl (C=O) groups excluding carboxylic acids is 3. The molecule has 0 spiro atoms. The number of likely N-dealkylation sites (tertiary alicyclic amines) is 1. The van der Waals surface area contributed by atoms with E-state index in [1.165, 1.54) is 17.4 Å². The number of hydrogen-bond donors (Lipinski definition) is 6. The fourth-order valence-corrected chi connectivity index (χ4v) is 10.6. The number of rotatable bonds is 19. The minimum Gasteiger partial charge on any atom is -0.465 e. The van der Waals surface area contributed by atoms with Gasteiger partial charge in [0.25, 0.3) is 5.91 Å². The van der Waals surface area contributed by atoms with Gasteiger partial charge >= 0.3 is 24.5 Å². The number of hydrogen-bond acceptors (Lipinski definition) is 14. The topological polar surface area (TPSA) is 224 Å². The van der Waals surface area contributed by atoms with E-state index in [-0.39, 0.29) is 16.5 Å². The van der Waals surface area contributed by atoms with Crippen LogP contribution < -0.4 is 26.3 Å². The second kappa shape index (κ2) is 23.2. The van der Waals surface area contributed by atoms with Gasteiger partial charge in [0.2, 0.25) is 5.91 Å². The molecule has 5 heterocycles. The number of alkyl carbamates (subject to hydrolysis) is 1. The van der Waals surface area contributed by atoms with Crippen molar-refractivity contribution in [3.63, 3.8) is 0 Å². The van der Waals surface area contributed by atoms with Crippen molar-refractivity contribution < 1.29 is 74.0 Å². The van der Waals surface area contributed by atoms with Crippen LogP contribution in [0.2, 0.25) is 0 Å². The molecular weight excluding hydrogens is 1080 g/mol. The van der Waals surface area contributed by atoms with Crippen LogP contribution in [-0.4, -0.2) is 154 Å². The number of ether oxygens (including phenoxy) is 2. The smallest absolute Gasteiger partial charge is 0.407 e.